The van der Waals surface area contributed by atoms with Gasteiger partial charge in [0.05, 0.1) is 6.04 Å². The fourth-order valence-electron chi connectivity index (χ4n) is 2.40. The number of hydrazine groups is 1. The average molecular weight is 259 g/mol. The molecule has 0 unspecified atom stereocenters. The molecule has 0 amide bonds. The van der Waals surface area contributed by atoms with Crippen LogP contribution in [0.3, 0.4) is 0 Å². The van der Waals surface area contributed by atoms with Gasteiger partial charge in [0.2, 0.25) is 5.96 Å². The summed E-state index contributed by atoms with van der Waals surface area (Å²) in [6, 6.07) is 11.1. The van der Waals surface area contributed by atoms with Crippen molar-refractivity contribution in [2.75, 3.05) is 31.1 Å². The van der Waals surface area contributed by atoms with E-state index in [1.807, 2.05) is 0 Å². The normalized spacial score (nSPS) is 20.6. The minimum atomic E-state index is 0.498. The highest BCUT2D eigenvalue weighted by molar-refractivity contribution is 5.80. The van der Waals surface area contributed by atoms with Crippen molar-refractivity contribution in [2.45, 2.75) is 18.9 Å². The molecule has 1 aliphatic heterocycles. The summed E-state index contributed by atoms with van der Waals surface area (Å²) in [6.07, 6.45) is 2.41. The summed E-state index contributed by atoms with van der Waals surface area (Å²) < 4.78 is 0. The first-order valence-corrected chi connectivity index (χ1v) is 6.96. The topological polar surface area (TPSA) is 56.9 Å². The van der Waals surface area contributed by atoms with E-state index in [9.17, 15) is 0 Å². The van der Waals surface area contributed by atoms with Crippen LogP contribution in [0, 0.1) is 0 Å². The molecule has 1 aliphatic carbocycles. The summed E-state index contributed by atoms with van der Waals surface area (Å²) in [6.45, 7) is 3.94. The molecule has 5 nitrogen and oxygen atoms in total. The van der Waals surface area contributed by atoms with Crippen molar-refractivity contribution >= 4 is 11.6 Å². The number of hydrogen-bond donors (Lipinski definition) is 2. The average Bonchev–Trinajstić information content (AvgIpc) is 3.30. The van der Waals surface area contributed by atoms with Crippen LogP contribution in [0.25, 0.3) is 0 Å². The third-order valence-electron chi connectivity index (χ3n) is 3.68. The Morgan fingerprint density at radius 2 is 1.79 bits per heavy atom. The zero-order chi connectivity index (χ0) is 13.1. The second kappa shape index (κ2) is 5.48. The van der Waals surface area contributed by atoms with Gasteiger partial charge in [-0.15, -0.1) is 0 Å². The van der Waals surface area contributed by atoms with Crippen LogP contribution in [0.1, 0.15) is 12.8 Å². The SMILES string of the molecule is NNC(=NC1CC1)N1CCN(c2ccccc2)CC1. The summed E-state index contributed by atoms with van der Waals surface area (Å²) in [5.41, 5.74) is 4.05. The van der Waals surface area contributed by atoms with Gasteiger partial charge in [-0.3, -0.25) is 5.43 Å². The first kappa shape index (κ1) is 12.3. The molecule has 2 aliphatic rings. The number of rotatable bonds is 2. The number of benzene rings is 1. The molecule has 0 atom stereocenters. The number of aliphatic imine (C=N–C) groups is 1. The van der Waals surface area contributed by atoms with E-state index >= 15 is 0 Å². The third kappa shape index (κ3) is 2.98. The molecule has 2 fully saturated rings. The number of piperazine rings is 1. The van der Waals surface area contributed by atoms with E-state index in [2.05, 4.69) is 50.5 Å². The second-order valence-electron chi connectivity index (χ2n) is 5.14. The number of guanidine groups is 1. The van der Waals surface area contributed by atoms with Gasteiger partial charge < -0.3 is 9.80 Å². The van der Waals surface area contributed by atoms with E-state index in [4.69, 9.17) is 5.84 Å². The van der Waals surface area contributed by atoms with Crippen LogP contribution >= 0.6 is 0 Å². The second-order valence-corrected chi connectivity index (χ2v) is 5.14. The van der Waals surface area contributed by atoms with Gasteiger partial charge >= 0.3 is 0 Å². The predicted octanol–water partition coefficient (Wildman–Crippen LogP) is 0.790. The standard InChI is InChI=1S/C14H21N5/c15-17-14(16-12-6-7-12)19-10-8-18(9-11-19)13-4-2-1-3-5-13/h1-5,12H,6-11,15H2,(H,16,17). The molecular formula is C14H21N5. The van der Waals surface area contributed by atoms with E-state index in [0.29, 0.717) is 6.04 Å². The fourth-order valence-corrected chi connectivity index (χ4v) is 2.40. The van der Waals surface area contributed by atoms with E-state index < -0.39 is 0 Å². The highest BCUT2D eigenvalue weighted by atomic mass is 15.4. The lowest BCUT2D eigenvalue weighted by atomic mass is 10.2. The molecule has 1 saturated carbocycles. The molecule has 1 aromatic carbocycles. The van der Waals surface area contributed by atoms with Crippen LogP contribution in [0.15, 0.2) is 35.3 Å². The summed E-state index contributed by atoms with van der Waals surface area (Å²) in [5, 5.41) is 0. The van der Waals surface area contributed by atoms with Crippen molar-refractivity contribution in [3.05, 3.63) is 30.3 Å². The summed E-state index contributed by atoms with van der Waals surface area (Å²) in [4.78, 5) is 9.27. The quantitative estimate of drug-likeness (QED) is 0.357. The highest BCUT2D eigenvalue weighted by Crippen LogP contribution is 2.24. The zero-order valence-electron chi connectivity index (χ0n) is 11.1. The molecule has 1 saturated heterocycles. The number of nitrogens with zero attached hydrogens (tertiary/aromatic N) is 3. The van der Waals surface area contributed by atoms with Crippen LogP contribution in [0.4, 0.5) is 5.69 Å². The lowest BCUT2D eigenvalue weighted by molar-refractivity contribution is 0.372. The first-order valence-electron chi connectivity index (χ1n) is 6.96. The molecule has 0 spiro atoms. The molecule has 0 bridgehead atoms. The number of para-hydroxylation sites is 1. The molecular weight excluding hydrogens is 238 g/mol. The Kier molecular flexibility index (Phi) is 3.55. The van der Waals surface area contributed by atoms with Gasteiger partial charge in [0.15, 0.2) is 0 Å². The van der Waals surface area contributed by atoms with Crippen LogP contribution < -0.4 is 16.2 Å². The molecule has 5 heteroatoms. The Balaban J connectivity index is 1.59. The molecule has 0 radical (unpaired) electrons. The monoisotopic (exact) mass is 259 g/mol. The predicted molar refractivity (Wildman–Crippen MR) is 78.0 cm³/mol. The van der Waals surface area contributed by atoms with Gasteiger partial charge in [-0.2, -0.15) is 0 Å². The lowest BCUT2D eigenvalue weighted by Gasteiger charge is -2.37. The highest BCUT2D eigenvalue weighted by Gasteiger charge is 2.24. The molecule has 3 N–H and O–H groups in total. The van der Waals surface area contributed by atoms with E-state index in [-0.39, 0.29) is 0 Å². The van der Waals surface area contributed by atoms with E-state index in [0.717, 1.165) is 32.1 Å². The van der Waals surface area contributed by atoms with Gasteiger partial charge in [-0.25, -0.2) is 10.8 Å². The molecule has 0 aromatic heterocycles. The zero-order valence-corrected chi connectivity index (χ0v) is 11.1. The van der Waals surface area contributed by atoms with Crippen molar-refractivity contribution in [1.82, 2.24) is 10.3 Å². The van der Waals surface area contributed by atoms with Gasteiger partial charge in [-0.1, -0.05) is 18.2 Å². The van der Waals surface area contributed by atoms with Crippen molar-refractivity contribution < 1.29 is 0 Å². The fraction of sp³-hybridized carbons (Fsp3) is 0.500. The minimum Gasteiger partial charge on any atom is -0.368 e. The smallest absolute Gasteiger partial charge is 0.208 e. The van der Waals surface area contributed by atoms with E-state index in [1.165, 1.54) is 18.5 Å². The molecule has 102 valence electrons. The Labute approximate surface area is 114 Å². The van der Waals surface area contributed by atoms with Gasteiger partial charge in [0.25, 0.3) is 0 Å². The van der Waals surface area contributed by atoms with Gasteiger partial charge in [0, 0.05) is 31.9 Å². The van der Waals surface area contributed by atoms with Crippen LogP contribution in [0.5, 0.6) is 0 Å². The Morgan fingerprint density at radius 3 is 2.37 bits per heavy atom. The lowest BCUT2D eigenvalue weighted by Crippen LogP contribution is -2.54. The maximum Gasteiger partial charge on any atom is 0.208 e. The van der Waals surface area contributed by atoms with Crippen LogP contribution in [0.2, 0.25) is 0 Å². The van der Waals surface area contributed by atoms with E-state index in [1.54, 1.807) is 0 Å². The number of hydrogen-bond acceptors (Lipinski definition) is 3. The summed E-state index contributed by atoms with van der Waals surface area (Å²) >= 11 is 0. The van der Waals surface area contributed by atoms with Crippen molar-refractivity contribution in [3.63, 3.8) is 0 Å². The van der Waals surface area contributed by atoms with Crippen molar-refractivity contribution in [3.8, 4) is 0 Å². The minimum absolute atomic E-state index is 0.498. The summed E-state index contributed by atoms with van der Waals surface area (Å²) in [5.74, 6) is 6.45. The molecule has 1 heterocycles. The van der Waals surface area contributed by atoms with Gasteiger partial charge in [-0.05, 0) is 25.0 Å². The van der Waals surface area contributed by atoms with Crippen molar-refractivity contribution in [2.24, 2.45) is 10.8 Å². The first-order chi connectivity index (χ1) is 9.36. The molecule has 3 rings (SSSR count). The Hall–Kier alpha value is -1.75. The van der Waals surface area contributed by atoms with Crippen LogP contribution in [-0.4, -0.2) is 43.1 Å². The van der Waals surface area contributed by atoms with Crippen molar-refractivity contribution in [1.29, 1.82) is 0 Å². The Bertz CT molecular complexity index is 432. The maximum atomic E-state index is 5.59. The molecule has 1 aromatic rings. The third-order valence-corrected chi connectivity index (χ3v) is 3.68. The largest absolute Gasteiger partial charge is 0.368 e. The maximum absolute atomic E-state index is 5.59. The Morgan fingerprint density at radius 1 is 1.11 bits per heavy atom. The molecule has 19 heavy (non-hydrogen) atoms. The van der Waals surface area contributed by atoms with Crippen LogP contribution in [-0.2, 0) is 0 Å². The number of nitrogens with two attached hydrogens (primary N) is 1. The number of anilines is 1. The number of nitrogens with one attached hydrogen (secondary N) is 1. The van der Waals surface area contributed by atoms with Gasteiger partial charge in [0.1, 0.15) is 0 Å². The summed E-state index contributed by atoms with van der Waals surface area (Å²) in [7, 11) is 0.